The first-order valence-electron chi connectivity index (χ1n) is 6.82. The molecule has 1 saturated heterocycles. The molecule has 3 rings (SSSR count). The smallest absolute Gasteiger partial charge is 0.291 e. The largest absolute Gasteiger partial charge is 0.472 e. The Morgan fingerprint density at radius 1 is 1.24 bits per heavy atom. The van der Waals surface area contributed by atoms with Crippen LogP contribution in [0.25, 0.3) is 0 Å². The van der Waals surface area contributed by atoms with Gasteiger partial charge >= 0.3 is 0 Å². The molecule has 1 atom stereocenters. The fourth-order valence-electron chi connectivity index (χ4n) is 2.29. The molecule has 0 saturated carbocycles. The number of aromatic nitrogens is 4. The molecule has 0 spiro atoms. The number of carbonyl (C=O) groups is 1. The lowest BCUT2D eigenvalue weighted by atomic mass is 10.1. The van der Waals surface area contributed by atoms with Gasteiger partial charge in [0.05, 0.1) is 6.54 Å². The average Bonchev–Trinajstić information content (AvgIpc) is 2.56. The molecule has 1 fully saturated rings. The van der Waals surface area contributed by atoms with Gasteiger partial charge in [0.1, 0.15) is 12.4 Å². The SMILES string of the molecule is O=C(c1ncccn1)N1CCCC(Oc2ccncn2)C1. The van der Waals surface area contributed by atoms with Crippen molar-refractivity contribution in [1.29, 1.82) is 0 Å². The Balaban J connectivity index is 1.64. The van der Waals surface area contributed by atoms with Crippen molar-refractivity contribution in [3.05, 3.63) is 42.9 Å². The number of hydrogen-bond acceptors (Lipinski definition) is 6. The van der Waals surface area contributed by atoms with Crippen LogP contribution >= 0.6 is 0 Å². The second-order valence-electron chi connectivity index (χ2n) is 4.75. The van der Waals surface area contributed by atoms with E-state index in [-0.39, 0.29) is 17.8 Å². The molecule has 0 radical (unpaired) electrons. The Morgan fingerprint density at radius 2 is 2.10 bits per heavy atom. The number of ether oxygens (including phenoxy) is 1. The summed E-state index contributed by atoms with van der Waals surface area (Å²) >= 11 is 0. The number of likely N-dealkylation sites (tertiary alicyclic amines) is 1. The Morgan fingerprint density at radius 3 is 2.86 bits per heavy atom. The molecule has 0 bridgehead atoms. The van der Waals surface area contributed by atoms with Crippen molar-refractivity contribution in [2.24, 2.45) is 0 Å². The van der Waals surface area contributed by atoms with E-state index in [0.717, 1.165) is 12.8 Å². The van der Waals surface area contributed by atoms with E-state index >= 15 is 0 Å². The van der Waals surface area contributed by atoms with Gasteiger partial charge in [-0.25, -0.2) is 19.9 Å². The zero-order chi connectivity index (χ0) is 14.5. The summed E-state index contributed by atoms with van der Waals surface area (Å²) in [6.45, 7) is 1.21. The molecule has 0 N–H and O–H groups in total. The maximum atomic E-state index is 12.3. The summed E-state index contributed by atoms with van der Waals surface area (Å²) in [6.07, 6.45) is 7.92. The predicted octanol–water partition coefficient (Wildman–Crippen LogP) is 0.950. The fraction of sp³-hybridized carbons (Fsp3) is 0.357. The summed E-state index contributed by atoms with van der Waals surface area (Å²) in [5, 5.41) is 0. The normalized spacial score (nSPS) is 18.3. The molecule has 2 aromatic rings. The quantitative estimate of drug-likeness (QED) is 0.835. The van der Waals surface area contributed by atoms with Gasteiger partial charge in [-0.05, 0) is 18.9 Å². The molecule has 7 nitrogen and oxygen atoms in total. The molecule has 1 amide bonds. The van der Waals surface area contributed by atoms with Crippen molar-refractivity contribution in [2.45, 2.75) is 18.9 Å². The highest BCUT2D eigenvalue weighted by molar-refractivity contribution is 5.90. The van der Waals surface area contributed by atoms with E-state index in [9.17, 15) is 4.79 Å². The van der Waals surface area contributed by atoms with Gasteiger partial charge in [0.2, 0.25) is 11.7 Å². The molecule has 0 aromatic carbocycles. The van der Waals surface area contributed by atoms with Gasteiger partial charge < -0.3 is 9.64 Å². The molecular weight excluding hydrogens is 270 g/mol. The van der Waals surface area contributed by atoms with Crippen LogP contribution in [0.15, 0.2) is 37.1 Å². The van der Waals surface area contributed by atoms with E-state index in [4.69, 9.17) is 4.74 Å². The minimum atomic E-state index is -0.161. The van der Waals surface area contributed by atoms with Crippen LogP contribution in [0.4, 0.5) is 0 Å². The summed E-state index contributed by atoms with van der Waals surface area (Å²) in [5.41, 5.74) is 0. The predicted molar refractivity (Wildman–Crippen MR) is 73.6 cm³/mol. The molecule has 1 unspecified atom stereocenters. The highest BCUT2D eigenvalue weighted by Gasteiger charge is 2.27. The molecule has 2 aromatic heterocycles. The Kier molecular flexibility index (Phi) is 3.99. The van der Waals surface area contributed by atoms with Gasteiger partial charge in [0, 0.05) is 31.2 Å². The molecule has 1 aliphatic heterocycles. The van der Waals surface area contributed by atoms with Gasteiger partial charge in [-0.2, -0.15) is 0 Å². The van der Waals surface area contributed by atoms with Crippen LogP contribution in [0.3, 0.4) is 0 Å². The average molecular weight is 285 g/mol. The summed E-state index contributed by atoms with van der Waals surface area (Å²) in [7, 11) is 0. The molecule has 0 aliphatic carbocycles. The van der Waals surface area contributed by atoms with Crippen molar-refractivity contribution in [3.8, 4) is 5.88 Å². The van der Waals surface area contributed by atoms with Gasteiger partial charge in [0.25, 0.3) is 5.91 Å². The van der Waals surface area contributed by atoms with E-state index in [0.29, 0.717) is 19.0 Å². The van der Waals surface area contributed by atoms with E-state index in [1.807, 2.05) is 0 Å². The summed E-state index contributed by atoms with van der Waals surface area (Å²) in [4.78, 5) is 29.9. The number of nitrogens with zero attached hydrogens (tertiary/aromatic N) is 5. The minimum absolute atomic E-state index is 0.0682. The number of rotatable bonds is 3. The summed E-state index contributed by atoms with van der Waals surface area (Å²) < 4.78 is 5.79. The second kappa shape index (κ2) is 6.25. The van der Waals surface area contributed by atoms with Gasteiger partial charge in [0.15, 0.2) is 0 Å². The number of amides is 1. The number of piperidine rings is 1. The molecule has 1 aliphatic rings. The van der Waals surface area contributed by atoms with E-state index in [2.05, 4.69) is 19.9 Å². The lowest BCUT2D eigenvalue weighted by Crippen LogP contribution is -2.44. The molecule has 21 heavy (non-hydrogen) atoms. The Labute approximate surface area is 122 Å². The molecule has 108 valence electrons. The standard InChI is InChI=1S/C14H15N5O2/c20-14(13-16-5-2-6-17-13)19-8-1-3-11(9-19)21-12-4-7-15-10-18-12/h2,4-7,10-11H,1,3,8-9H2. The van der Waals surface area contributed by atoms with Crippen molar-refractivity contribution in [1.82, 2.24) is 24.8 Å². The van der Waals surface area contributed by atoms with E-state index in [1.54, 1.807) is 35.6 Å². The molecule has 3 heterocycles. The maximum Gasteiger partial charge on any atom is 0.291 e. The van der Waals surface area contributed by atoms with Crippen molar-refractivity contribution < 1.29 is 9.53 Å². The van der Waals surface area contributed by atoms with Gasteiger partial charge in [-0.3, -0.25) is 4.79 Å². The first-order chi connectivity index (χ1) is 10.3. The van der Waals surface area contributed by atoms with E-state index in [1.165, 1.54) is 6.33 Å². The highest BCUT2D eigenvalue weighted by Crippen LogP contribution is 2.17. The highest BCUT2D eigenvalue weighted by atomic mass is 16.5. The number of carbonyl (C=O) groups excluding carboxylic acids is 1. The first kappa shape index (κ1) is 13.4. The third-order valence-electron chi connectivity index (χ3n) is 3.26. The van der Waals surface area contributed by atoms with Crippen LogP contribution in [0.2, 0.25) is 0 Å². The van der Waals surface area contributed by atoms with Crippen molar-refractivity contribution in [3.63, 3.8) is 0 Å². The topological polar surface area (TPSA) is 81.1 Å². The second-order valence-corrected chi connectivity index (χ2v) is 4.75. The van der Waals surface area contributed by atoms with Crippen LogP contribution in [0.5, 0.6) is 5.88 Å². The minimum Gasteiger partial charge on any atom is -0.472 e. The van der Waals surface area contributed by atoms with Crippen LogP contribution in [-0.2, 0) is 0 Å². The molecule has 7 heteroatoms. The lowest BCUT2D eigenvalue weighted by molar-refractivity contribution is 0.0516. The van der Waals surface area contributed by atoms with Gasteiger partial charge in [-0.15, -0.1) is 0 Å². The van der Waals surface area contributed by atoms with E-state index < -0.39 is 0 Å². The number of hydrogen-bond donors (Lipinski definition) is 0. The van der Waals surface area contributed by atoms with Crippen LogP contribution in [-0.4, -0.2) is 49.9 Å². The maximum absolute atomic E-state index is 12.3. The zero-order valence-electron chi connectivity index (χ0n) is 11.4. The third-order valence-corrected chi connectivity index (χ3v) is 3.26. The van der Waals surface area contributed by atoms with Crippen LogP contribution in [0.1, 0.15) is 23.5 Å². The zero-order valence-corrected chi connectivity index (χ0v) is 11.4. The summed E-state index contributed by atoms with van der Waals surface area (Å²) in [6, 6.07) is 3.40. The Bertz CT molecular complexity index is 593. The van der Waals surface area contributed by atoms with Crippen LogP contribution < -0.4 is 4.74 Å². The Hall–Kier alpha value is -2.57. The van der Waals surface area contributed by atoms with Gasteiger partial charge in [-0.1, -0.05) is 0 Å². The van der Waals surface area contributed by atoms with Crippen LogP contribution in [0, 0.1) is 0 Å². The van der Waals surface area contributed by atoms with Crippen molar-refractivity contribution >= 4 is 5.91 Å². The monoisotopic (exact) mass is 285 g/mol. The third kappa shape index (κ3) is 3.31. The first-order valence-corrected chi connectivity index (χ1v) is 6.82. The lowest BCUT2D eigenvalue weighted by Gasteiger charge is -2.32. The fourth-order valence-corrected chi connectivity index (χ4v) is 2.29. The summed E-state index contributed by atoms with van der Waals surface area (Å²) in [5.74, 6) is 0.590. The van der Waals surface area contributed by atoms with Crippen molar-refractivity contribution in [2.75, 3.05) is 13.1 Å². The molecular formula is C14H15N5O2.